The lowest BCUT2D eigenvalue weighted by Crippen LogP contribution is -2.47. The van der Waals surface area contributed by atoms with Crippen molar-refractivity contribution in [2.24, 2.45) is 0 Å². The molecule has 0 saturated heterocycles. The molecule has 0 bridgehead atoms. The van der Waals surface area contributed by atoms with Crippen molar-refractivity contribution in [1.29, 1.82) is 0 Å². The van der Waals surface area contributed by atoms with Crippen LogP contribution in [0.3, 0.4) is 0 Å². The molecule has 0 fully saturated rings. The molecule has 0 aromatic heterocycles. The molecule has 0 saturated carbocycles. The first-order chi connectivity index (χ1) is 9.95. The van der Waals surface area contributed by atoms with Gasteiger partial charge in [0.2, 0.25) is 5.91 Å². The minimum atomic E-state index is -0.997. The minimum absolute atomic E-state index is 0.190. The van der Waals surface area contributed by atoms with Crippen LogP contribution in [-0.2, 0) is 9.59 Å². The monoisotopic (exact) mass is 312 g/mol. The van der Waals surface area contributed by atoms with Crippen LogP contribution in [0, 0.1) is 0 Å². The summed E-state index contributed by atoms with van der Waals surface area (Å²) >= 11 is 5.94. The number of carbonyl (C=O) groups excluding carboxylic acids is 1. The van der Waals surface area contributed by atoms with Gasteiger partial charge in [0.15, 0.2) is 0 Å². The molecule has 5 nitrogen and oxygen atoms in total. The summed E-state index contributed by atoms with van der Waals surface area (Å²) in [5, 5.41) is 12.4. The van der Waals surface area contributed by atoms with Crippen molar-refractivity contribution in [3.63, 3.8) is 0 Å². The van der Waals surface area contributed by atoms with Gasteiger partial charge in [-0.2, -0.15) is 0 Å². The third-order valence-corrected chi connectivity index (χ3v) is 3.36. The van der Waals surface area contributed by atoms with Gasteiger partial charge in [0.05, 0.1) is 0 Å². The number of rotatable bonds is 8. The fraction of sp³-hybridized carbons (Fsp3) is 0.467. The maximum atomic E-state index is 12.1. The van der Waals surface area contributed by atoms with Crippen LogP contribution < -0.4 is 10.2 Å². The summed E-state index contributed by atoms with van der Waals surface area (Å²) in [5.41, 5.74) is 0.614. The van der Waals surface area contributed by atoms with Crippen LogP contribution in [0.5, 0.6) is 0 Å². The van der Waals surface area contributed by atoms with E-state index in [4.69, 9.17) is 16.7 Å². The van der Waals surface area contributed by atoms with Crippen molar-refractivity contribution in [3.05, 3.63) is 29.3 Å². The summed E-state index contributed by atoms with van der Waals surface area (Å²) in [4.78, 5) is 24.7. The number of nitrogens with one attached hydrogen (secondary N) is 1. The summed E-state index contributed by atoms with van der Waals surface area (Å²) < 4.78 is 0. The van der Waals surface area contributed by atoms with E-state index in [2.05, 4.69) is 5.32 Å². The third kappa shape index (κ3) is 5.63. The van der Waals surface area contributed by atoms with E-state index in [1.165, 1.54) is 4.90 Å². The quantitative estimate of drug-likeness (QED) is 0.724. The maximum Gasteiger partial charge on any atom is 0.323 e. The Hall–Kier alpha value is -1.75. The van der Waals surface area contributed by atoms with Crippen molar-refractivity contribution >= 4 is 29.2 Å². The van der Waals surface area contributed by atoms with Crippen LogP contribution >= 0.6 is 11.6 Å². The molecule has 2 N–H and O–H groups in total. The highest BCUT2D eigenvalue weighted by molar-refractivity contribution is 6.30. The predicted octanol–water partition coefficient (Wildman–Crippen LogP) is 2.54. The smallest absolute Gasteiger partial charge is 0.323 e. The van der Waals surface area contributed by atoms with E-state index in [9.17, 15) is 9.59 Å². The summed E-state index contributed by atoms with van der Waals surface area (Å²) in [6.45, 7) is 4.06. The lowest BCUT2D eigenvalue weighted by molar-refractivity contribution is -0.135. The number of nitrogens with zero attached hydrogens (tertiary/aromatic N) is 1. The number of carboxylic acids is 1. The van der Waals surface area contributed by atoms with Gasteiger partial charge in [-0.05, 0) is 31.5 Å². The van der Waals surface area contributed by atoms with Gasteiger partial charge >= 0.3 is 5.97 Å². The van der Waals surface area contributed by atoms with Crippen LogP contribution in [0.25, 0.3) is 0 Å². The van der Waals surface area contributed by atoms with Crippen LogP contribution in [0.4, 0.5) is 5.69 Å². The van der Waals surface area contributed by atoms with E-state index in [0.29, 0.717) is 17.3 Å². The fourth-order valence-electron chi connectivity index (χ4n) is 1.93. The number of unbranched alkanes of at least 4 members (excludes halogenated alkanes) is 1. The highest BCUT2D eigenvalue weighted by Gasteiger charge is 2.23. The van der Waals surface area contributed by atoms with E-state index < -0.39 is 12.0 Å². The van der Waals surface area contributed by atoms with E-state index in [1.54, 1.807) is 31.2 Å². The lowest BCUT2D eigenvalue weighted by Gasteiger charge is -2.29. The molecular weight excluding hydrogens is 292 g/mol. The molecular formula is C15H21ClN2O3. The Morgan fingerprint density at radius 1 is 1.43 bits per heavy atom. The number of amides is 1. The van der Waals surface area contributed by atoms with E-state index in [-0.39, 0.29) is 12.5 Å². The molecule has 0 heterocycles. The molecule has 0 radical (unpaired) electrons. The molecule has 0 aliphatic rings. The maximum absolute atomic E-state index is 12.1. The molecule has 1 atom stereocenters. The van der Waals surface area contributed by atoms with E-state index >= 15 is 0 Å². The van der Waals surface area contributed by atoms with Crippen molar-refractivity contribution in [3.8, 4) is 0 Å². The largest absolute Gasteiger partial charge is 0.480 e. The second-order valence-corrected chi connectivity index (χ2v) is 5.26. The second-order valence-electron chi connectivity index (χ2n) is 4.82. The summed E-state index contributed by atoms with van der Waals surface area (Å²) in [6, 6.07) is 6.24. The molecule has 116 valence electrons. The minimum Gasteiger partial charge on any atom is -0.480 e. The molecule has 1 rings (SSSR count). The number of carboxylic acid groups (broad SMARTS) is 1. The summed E-state index contributed by atoms with van der Waals surface area (Å²) in [7, 11) is 0. The summed E-state index contributed by atoms with van der Waals surface area (Å²) in [5.74, 6) is -1.19. The summed E-state index contributed by atoms with van der Waals surface area (Å²) in [6.07, 6.45) is 1.89. The molecule has 6 heteroatoms. The Morgan fingerprint density at radius 2 is 2.14 bits per heavy atom. The molecule has 0 aliphatic carbocycles. The van der Waals surface area contributed by atoms with Crippen molar-refractivity contribution in [1.82, 2.24) is 5.32 Å². The molecule has 1 aromatic rings. The second kappa shape index (κ2) is 8.52. The number of hydrogen-bond acceptors (Lipinski definition) is 3. The Balaban J connectivity index is 2.86. The normalized spacial score (nSPS) is 11.8. The third-order valence-electron chi connectivity index (χ3n) is 3.12. The van der Waals surface area contributed by atoms with E-state index in [1.807, 2.05) is 6.92 Å². The Morgan fingerprint density at radius 3 is 2.71 bits per heavy atom. The van der Waals surface area contributed by atoms with Gasteiger partial charge in [0, 0.05) is 17.3 Å². The van der Waals surface area contributed by atoms with Crippen molar-refractivity contribution < 1.29 is 14.7 Å². The highest BCUT2D eigenvalue weighted by Crippen LogP contribution is 2.21. The van der Waals surface area contributed by atoms with Gasteiger partial charge in [-0.1, -0.05) is 31.0 Å². The average Bonchev–Trinajstić information content (AvgIpc) is 2.44. The van der Waals surface area contributed by atoms with Gasteiger partial charge in [-0.15, -0.1) is 0 Å². The Kier molecular flexibility index (Phi) is 7.02. The number of hydrogen-bond donors (Lipinski definition) is 2. The molecule has 1 unspecified atom stereocenters. The first-order valence-corrected chi connectivity index (χ1v) is 7.35. The van der Waals surface area contributed by atoms with Crippen molar-refractivity contribution in [2.45, 2.75) is 32.7 Å². The number of aliphatic carboxylic acids is 1. The first kappa shape index (κ1) is 17.3. The molecule has 0 spiro atoms. The number of anilines is 1. The first-order valence-electron chi connectivity index (χ1n) is 6.97. The molecule has 1 aromatic carbocycles. The van der Waals surface area contributed by atoms with Gasteiger partial charge in [-0.3, -0.25) is 9.59 Å². The van der Waals surface area contributed by atoms with Gasteiger partial charge in [0.25, 0.3) is 0 Å². The molecule has 21 heavy (non-hydrogen) atoms. The lowest BCUT2D eigenvalue weighted by atomic mass is 10.2. The Bertz CT molecular complexity index is 494. The van der Waals surface area contributed by atoms with Gasteiger partial charge in [0.1, 0.15) is 12.6 Å². The van der Waals surface area contributed by atoms with Crippen LogP contribution in [0.15, 0.2) is 24.3 Å². The zero-order chi connectivity index (χ0) is 15.8. The van der Waals surface area contributed by atoms with Crippen LogP contribution in [0.2, 0.25) is 5.02 Å². The zero-order valence-electron chi connectivity index (χ0n) is 12.3. The highest BCUT2D eigenvalue weighted by atomic mass is 35.5. The molecule has 1 amide bonds. The van der Waals surface area contributed by atoms with E-state index in [0.717, 1.165) is 12.8 Å². The average molecular weight is 313 g/mol. The zero-order valence-corrected chi connectivity index (χ0v) is 13.1. The Labute approximate surface area is 129 Å². The molecule has 0 aliphatic heterocycles. The van der Waals surface area contributed by atoms with Gasteiger partial charge in [-0.25, -0.2) is 0 Å². The van der Waals surface area contributed by atoms with Crippen molar-refractivity contribution in [2.75, 3.05) is 18.0 Å². The van der Waals surface area contributed by atoms with Crippen LogP contribution in [-0.4, -0.2) is 36.1 Å². The van der Waals surface area contributed by atoms with Gasteiger partial charge < -0.3 is 15.3 Å². The SMILES string of the molecule is CCCCNC(=O)C(C)N(CC(=O)O)c1cccc(Cl)c1. The number of halogens is 1. The number of benzene rings is 1. The predicted molar refractivity (Wildman–Crippen MR) is 83.8 cm³/mol. The number of carbonyl (C=O) groups is 2. The topological polar surface area (TPSA) is 69.6 Å². The standard InChI is InChI=1S/C15H21ClN2O3/c1-3-4-8-17-15(21)11(2)18(10-14(19)20)13-7-5-6-12(16)9-13/h5-7,9,11H,3-4,8,10H2,1-2H3,(H,17,21)(H,19,20). The fourth-order valence-corrected chi connectivity index (χ4v) is 2.11. The van der Waals surface area contributed by atoms with Crippen LogP contribution in [0.1, 0.15) is 26.7 Å².